The van der Waals surface area contributed by atoms with Crippen molar-refractivity contribution in [3.8, 4) is 0 Å². The predicted molar refractivity (Wildman–Crippen MR) is 97.8 cm³/mol. The summed E-state index contributed by atoms with van der Waals surface area (Å²) in [4.78, 5) is 12.6. The van der Waals surface area contributed by atoms with E-state index in [1.54, 1.807) is 7.11 Å². The Morgan fingerprint density at radius 2 is 1.79 bits per heavy atom. The number of thiocarbonyl (C=S) groups is 1. The molecule has 0 radical (unpaired) electrons. The molecule has 0 fully saturated rings. The van der Waals surface area contributed by atoms with Gasteiger partial charge in [0.2, 0.25) is 0 Å². The van der Waals surface area contributed by atoms with E-state index < -0.39 is 0 Å². The molecule has 0 spiro atoms. The number of aryl methyl sites for hydroxylation is 3. The second-order valence-corrected chi connectivity index (χ2v) is 6.42. The molecule has 0 amide bonds. The van der Waals surface area contributed by atoms with Crippen LogP contribution in [-0.4, -0.2) is 31.4 Å². The standard InChI is InChI=1S/C18H24N2O3S/c1-10-8-11(2)14(12(3)9-10)16-15(13(4)19-18(24)20-16)17(21)23-7-6-22-5/h8-9,16H,6-7H2,1-5H3,(H2,19,20,24)/t16-/m1/s1. The fraction of sp³-hybridized carbons (Fsp3) is 0.444. The summed E-state index contributed by atoms with van der Waals surface area (Å²) in [5, 5.41) is 6.74. The molecular formula is C18H24N2O3S. The summed E-state index contributed by atoms with van der Waals surface area (Å²) in [6.07, 6.45) is 0. The Labute approximate surface area is 148 Å². The highest BCUT2D eigenvalue weighted by Gasteiger charge is 2.32. The Morgan fingerprint density at radius 1 is 1.17 bits per heavy atom. The summed E-state index contributed by atoms with van der Waals surface area (Å²) < 4.78 is 10.3. The minimum Gasteiger partial charge on any atom is -0.460 e. The van der Waals surface area contributed by atoms with Gasteiger partial charge in [-0.05, 0) is 56.6 Å². The summed E-state index contributed by atoms with van der Waals surface area (Å²) in [5.41, 5.74) is 5.74. The summed E-state index contributed by atoms with van der Waals surface area (Å²) in [7, 11) is 1.57. The molecule has 1 heterocycles. The molecule has 0 aromatic heterocycles. The monoisotopic (exact) mass is 348 g/mol. The van der Waals surface area contributed by atoms with Crippen molar-refractivity contribution >= 4 is 23.3 Å². The molecule has 130 valence electrons. The summed E-state index contributed by atoms with van der Waals surface area (Å²) in [6, 6.07) is 3.89. The molecule has 0 bridgehead atoms. The van der Waals surface area contributed by atoms with Gasteiger partial charge in [-0.15, -0.1) is 0 Å². The Hall–Kier alpha value is -1.92. The van der Waals surface area contributed by atoms with Crippen molar-refractivity contribution in [1.29, 1.82) is 0 Å². The fourth-order valence-corrected chi connectivity index (χ4v) is 3.39. The van der Waals surface area contributed by atoms with Crippen LogP contribution in [0.3, 0.4) is 0 Å². The molecular weight excluding hydrogens is 324 g/mol. The van der Waals surface area contributed by atoms with Gasteiger partial charge >= 0.3 is 5.97 Å². The van der Waals surface area contributed by atoms with Gasteiger partial charge in [0.1, 0.15) is 6.61 Å². The molecule has 2 rings (SSSR count). The molecule has 6 heteroatoms. The third-order valence-electron chi connectivity index (χ3n) is 4.04. The molecule has 0 aliphatic carbocycles. The maximum atomic E-state index is 12.6. The van der Waals surface area contributed by atoms with Gasteiger partial charge in [-0.25, -0.2) is 4.79 Å². The van der Waals surface area contributed by atoms with Crippen LogP contribution in [0.2, 0.25) is 0 Å². The van der Waals surface area contributed by atoms with Crippen molar-refractivity contribution in [3.05, 3.63) is 45.7 Å². The van der Waals surface area contributed by atoms with Crippen LogP contribution in [0.5, 0.6) is 0 Å². The van der Waals surface area contributed by atoms with E-state index in [2.05, 4.69) is 29.7 Å². The quantitative estimate of drug-likeness (QED) is 0.485. The first-order valence-corrected chi connectivity index (χ1v) is 8.28. The minimum absolute atomic E-state index is 0.217. The number of hydrogen-bond acceptors (Lipinski definition) is 4. The number of carbonyl (C=O) groups excluding carboxylic acids is 1. The lowest BCUT2D eigenvalue weighted by Gasteiger charge is -2.31. The molecule has 1 aromatic rings. The minimum atomic E-state index is -0.364. The average Bonchev–Trinajstić information content (AvgIpc) is 2.45. The second-order valence-electron chi connectivity index (χ2n) is 6.01. The predicted octanol–water partition coefficient (Wildman–Crippen LogP) is 2.59. The molecule has 2 N–H and O–H groups in total. The maximum absolute atomic E-state index is 12.6. The molecule has 1 atom stereocenters. The van der Waals surface area contributed by atoms with E-state index in [9.17, 15) is 4.79 Å². The number of rotatable bonds is 5. The number of esters is 1. The van der Waals surface area contributed by atoms with Crippen LogP contribution in [0, 0.1) is 20.8 Å². The normalized spacial score (nSPS) is 17.4. The number of benzene rings is 1. The number of nitrogens with one attached hydrogen (secondary N) is 2. The topological polar surface area (TPSA) is 59.6 Å². The molecule has 1 aliphatic rings. The van der Waals surface area contributed by atoms with E-state index in [0.717, 1.165) is 16.7 Å². The molecule has 24 heavy (non-hydrogen) atoms. The fourth-order valence-electron chi connectivity index (χ4n) is 3.12. The lowest BCUT2D eigenvalue weighted by molar-refractivity contribution is -0.140. The van der Waals surface area contributed by atoms with Crippen molar-refractivity contribution < 1.29 is 14.3 Å². The summed E-state index contributed by atoms with van der Waals surface area (Å²) >= 11 is 5.29. The number of carbonyl (C=O) groups is 1. The van der Waals surface area contributed by atoms with Crippen molar-refractivity contribution in [2.45, 2.75) is 33.7 Å². The lowest BCUT2D eigenvalue weighted by Crippen LogP contribution is -2.45. The summed E-state index contributed by atoms with van der Waals surface area (Å²) in [6.45, 7) is 8.58. The Kier molecular flexibility index (Phi) is 5.96. The van der Waals surface area contributed by atoms with Crippen LogP contribution in [0.15, 0.2) is 23.4 Å². The van der Waals surface area contributed by atoms with E-state index in [-0.39, 0.29) is 18.6 Å². The maximum Gasteiger partial charge on any atom is 0.338 e. The Balaban J connectivity index is 2.44. The molecule has 1 aliphatic heterocycles. The van der Waals surface area contributed by atoms with Crippen LogP contribution in [0.25, 0.3) is 0 Å². The highest BCUT2D eigenvalue weighted by Crippen LogP contribution is 2.32. The Morgan fingerprint density at radius 3 is 2.38 bits per heavy atom. The van der Waals surface area contributed by atoms with Gasteiger partial charge in [-0.3, -0.25) is 0 Å². The van der Waals surface area contributed by atoms with E-state index in [0.29, 0.717) is 23.0 Å². The smallest absolute Gasteiger partial charge is 0.338 e. The average molecular weight is 348 g/mol. The van der Waals surface area contributed by atoms with Gasteiger partial charge in [0.15, 0.2) is 5.11 Å². The largest absolute Gasteiger partial charge is 0.460 e. The van der Waals surface area contributed by atoms with Gasteiger partial charge in [-0.1, -0.05) is 17.7 Å². The highest BCUT2D eigenvalue weighted by atomic mass is 32.1. The van der Waals surface area contributed by atoms with E-state index in [4.69, 9.17) is 21.7 Å². The molecule has 0 unspecified atom stereocenters. The third kappa shape index (κ3) is 3.94. The molecule has 1 aromatic carbocycles. The number of ether oxygens (including phenoxy) is 2. The van der Waals surface area contributed by atoms with E-state index in [1.165, 1.54) is 5.56 Å². The zero-order valence-corrected chi connectivity index (χ0v) is 15.6. The van der Waals surface area contributed by atoms with Crippen LogP contribution >= 0.6 is 12.2 Å². The van der Waals surface area contributed by atoms with Crippen LogP contribution in [0.1, 0.15) is 35.2 Å². The van der Waals surface area contributed by atoms with Gasteiger partial charge < -0.3 is 20.1 Å². The van der Waals surface area contributed by atoms with Gasteiger partial charge in [0.25, 0.3) is 0 Å². The first-order valence-electron chi connectivity index (χ1n) is 7.87. The van der Waals surface area contributed by atoms with Gasteiger partial charge in [-0.2, -0.15) is 0 Å². The van der Waals surface area contributed by atoms with Crippen molar-refractivity contribution in [1.82, 2.24) is 10.6 Å². The molecule has 5 nitrogen and oxygen atoms in total. The zero-order valence-electron chi connectivity index (χ0n) is 14.8. The van der Waals surface area contributed by atoms with Gasteiger partial charge in [0, 0.05) is 12.8 Å². The molecule has 0 saturated carbocycles. The van der Waals surface area contributed by atoms with Crippen molar-refractivity contribution in [2.75, 3.05) is 20.3 Å². The van der Waals surface area contributed by atoms with Crippen LogP contribution in [0.4, 0.5) is 0 Å². The number of methoxy groups -OCH3 is 1. The third-order valence-corrected chi connectivity index (χ3v) is 4.26. The van der Waals surface area contributed by atoms with Crippen LogP contribution in [-0.2, 0) is 14.3 Å². The molecule has 0 saturated heterocycles. The first-order chi connectivity index (χ1) is 11.3. The second kappa shape index (κ2) is 7.77. The van der Waals surface area contributed by atoms with E-state index in [1.807, 2.05) is 20.8 Å². The Bertz CT molecular complexity index is 674. The lowest BCUT2D eigenvalue weighted by atomic mass is 9.88. The van der Waals surface area contributed by atoms with Crippen molar-refractivity contribution in [2.24, 2.45) is 0 Å². The zero-order chi connectivity index (χ0) is 17.9. The van der Waals surface area contributed by atoms with Crippen molar-refractivity contribution in [3.63, 3.8) is 0 Å². The summed E-state index contributed by atoms with van der Waals surface area (Å²) in [5.74, 6) is -0.364. The van der Waals surface area contributed by atoms with Gasteiger partial charge in [0.05, 0.1) is 18.2 Å². The van der Waals surface area contributed by atoms with E-state index >= 15 is 0 Å². The number of allylic oxidation sites excluding steroid dienone is 1. The highest BCUT2D eigenvalue weighted by molar-refractivity contribution is 7.80. The van der Waals surface area contributed by atoms with Crippen LogP contribution < -0.4 is 10.6 Å². The number of hydrogen-bond donors (Lipinski definition) is 2. The SMILES string of the molecule is COCCOC(=O)C1=C(C)NC(=S)N[C@@H]1c1c(C)cc(C)cc1C. The first kappa shape index (κ1) is 18.4.